The zero-order valence-corrected chi connectivity index (χ0v) is 22.2. The van der Waals surface area contributed by atoms with Crippen molar-refractivity contribution in [3.05, 3.63) is 63.1 Å². The van der Waals surface area contributed by atoms with Gasteiger partial charge in [0.15, 0.2) is 0 Å². The van der Waals surface area contributed by atoms with Gasteiger partial charge in [-0.05, 0) is 48.2 Å². The van der Waals surface area contributed by atoms with E-state index >= 15 is 0 Å². The second kappa shape index (κ2) is 15.7. The number of aliphatic imine (C=N–C) groups is 1. The van der Waals surface area contributed by atoms with Crippen LogP contribution in [0.15, 0.2) is 41.4 Å². The molecule has 0 heterocycles. The number of phenols is 1. The van der Waals surface area contributed by atoms with E-state index in [1.54, 1.807) is 18.3 Å². The lowest BCUT2D eigenvalue weighted by Crippen LogP contribution is -2.52. The first-order valence-corrected chi connectivity index (χ1v) is 12.5. The van der Waals surface area contributed by atoms with Gasteiger partial charge in [-0.3, -0.25) is 4.79 Å². The van der Waals surface area contributed by atoms with Crippen LogP contribution in [0.3, 0.4) is 0 Å². The molecule has 0 bridgehead atoms. The zero-order valence-electron chi connectivity index (χ0n) is 20.7. The minimum atomic E-state index is -1.49. The molecule has 0 aliphatic carbocycles. The summed E-state index contributed by atoms with van der Waals surface area (Å²) >= 11 is 12.6. The average molecular weight is 582 g/mol. The number of carbonyl (C=O) groups is 2. The number of hydrogen-bond donors (Lipinski definition) is 7. The lowest BCUT2D eigenvalue weighted by molar-refractivity contribution is -0.139. The summed E-state index contributed by atoms with van der Waals surface area (Å²) in [5.74, 6) is -2.31. The maximum absolute atomic E-state index is 12.9. The van der Waals surface area contributed by atoms with Crippen LogP contribution in [-0.2, 0) is 11.2 Å². The largest absolute Gasteiger partial charge is 0.508 e. The monoisotopic (exact) mass is 581 g/mol. The fourth-order valence-corrected chi connectivity index (χ4v) is 4.35. The van der Waals surface area contributed by atoms with Crippen molar-refractivity contribution in [3.8, 4) is 11.9 Å². The Morgan fingerprint density at radius 1 is 1.10 bits per heavy atom. The van der Waals surface area contributed by atoms with Gasteiger partial charge in [-0.15, -0.1) is 4.99 Å². The fourth-order valence-electron chi connectivity index (χ4n) is 3.65. The zero-order chi connectivity index (χ0) is 28.9. The molecule has 0 fully saturated rings. The highest BCUT2D eigenvalue weighted by atomic mass is 35.5. The molecule has 0 radical (unpaired) electrons. The number of aliphatic hydroxyl groups is 3. The van der Waals surface area contributed by atoms with Crippen LogP contribution in [0.5, 0.6) is 5.75 Å². The number of aliphatic carboxylic acids is 1. The lowest BCUT2D eigenvalue weighted by atomic mass is 10.00. The molecule has 2 unspecified atom stereocenters. The lowest BCUT2D eigenvalue weighted by Gasteiger charge is -2.25. The number of benzene rings is 2. The van der Waals surface area contributed by atoms with Crippen molar-refractivity contribution in [1.29, 1.82) is 5.26 Å². The van der Waals surface area contributed by atoms with E-state index in [0.717, 1.165) is 0 Å². The van der Waals surface area contributed by atoms with Crippen LogP contribution in [0, 0.1) is 11.5 Å². The number of rotatable bonds is 13. The third-order valence-electron chi connectivity index (χ3n) is 5.55. The van der Waals surface area contributed by atoms with Gasteiger partial charge in [0.25, 0.3) is 5.91 Å². The van der Waals surface area contributed by atoms with Crippen molar-refractivity contribution in [1.82, 2.24) is 15.5 Å². The molecule has 14 heteroatoms. The van der Waals surface area contributed by atoms with Gasteiger partial charge in [-0.2, -0.15) is 5.26 Å². The highest BCUT2D eigenvalue weighted by molar-refractivity contribution is 6.39. The number of nitrogens with zero attached hydrogens (tertiary/aromatic N) is 3. The third kappa shape index (κ3) is 9.58. The second-order valence-corrected chi connectivity index (χ2v) is 9.11. The van der Waals surface area contributed by atoms with Gasteiger partial charge in [-0.1, -0.05) is 35.3 Å². The minimum Gasteiger partial charge on any atom is -0.508 e. The standard InChI is InChI=1S/C25H29Cl2N5O7/c26-18-10-15(4-5-21(36)16-2-1-3-17(35)12-16)11-19(27)22(18)23(37)31-20(24(38)39)13-29-25(30-14-28)32(6-8-33)7-9-34/h1-3,10-12,20-21,33-36H,4-9,13H2,(H,29,30)(H,31,37)(H,38,39). The molecule has 2 aromatic rings. The molecule has 12 nitrogen and oxygen atoms in total. The number of aryl methyl sites for hydroxylation is 1. The first-order valence-electron chi connectivity index (χ1n) is 11.8. The second-order valence-electron chi connectivity index (χ2n) is 8.30. The summed E-state index contributed by atoms with van der Waals surface area (Å²) < 4.78 is 0. The Hall–Kier alpha value is -3.60. The Bertz CT molecular complexity index is 1190. The summed E-state index contributed by atoms with van der Waals surface area (Å²) in [5, 5.41) is 61.9. The first kappa shape index (κ1) is 31.6. The van der Waals surface area contributed by atoms with Gasteiger partial charge in [0.05, 0.1) is 34.9 Å². The molecule has 2 atom stereocenters. The van der Waals surface area contributed by atoms with Crippen LogP contribution in [0.25, 0.3) is 0 Å². The van der Waals surface area contributed by atoms with Crippen molar-refractivity contribution in [3.63, 3.8) is 0 Å². The highest BCUT2D eigenvalue weighted by Gasteiger charge is 2.25. The van der Waals surface area contributed by atoms with Gasteiger partial charge < -0.3 is 41.1 Å². The topological polar surface area (TPSA) is 199 Å². The molecular formula is C25H29Cl2N5O7. The van der Waals surface area contributed by atoms with Crippen molar-refractivity contribution < 1.29 is 35.1 Å². The summed E-state index contributed by atoms with van der Waals surface area (Å²) in [4.78, 5) is 29.6. The van der Waals surface area contributed by atoms with Crippen LogP contribution < -0.4 is 10.6 Å². The Morgan fingerprint density at radius 2 is 1.74 bits per heavy atom. The number of amides is 1. The van der Waals surface area contributed by atoms with E-state index in [2.05, 4.69) is 15.6 Å². The molecule has 1 amide bonds. The van der Waals surface area contributed by atoms with Gasteiger partial charge in [-0.25, -0.2) is 4.79 Å². The van der Waals surface area contributed by atoms with E-state index in [9.17, 15) is 35.1 Å². The number of hydrogen-bond acceptors (Lipinski definition) is 8. The van der Waals surface area contributed by atoms with E-state index < -0.39 is 30.6 Å². The van der Waals surface area contributed by atoms with Crippen LogP contribution in [0.1, 0.15) is 34.0 Å². The number of halogens is 2. The van der Waals surface area contributed by atoms with Gasteiger partial charge >= 0.3 is 5.97 Å². The summed E-state index contributed by atoms with van der Waals surface area (Å²) in [7, 11) is 0. The summed E-state index contributed by atoms with van der Waals surface area (Å²) in [6.07, 6.45) is 1.33. The van der Waals surface area contributed by atoms with Crippen molar-refractivity contribution in [2.45, 2.75) is 25.0 Å². The van der Waals surface area contributed by atoms with E-state index in [-0.39, 0.29) is 60.0 Å². The molecule has 210 valence electrons. The highest BCUT2D eigenvalue weighted by Crippen LogP contribution is 2.29. The van der Waals surface area contributed by atoms with E-state index in [4.69, 9.17) is 28.5 Å². The molecule has 0 aromatic heterocycles. The first-order chi connectivity index (χ1) is 18.6. The predicted octanol–water partition coefficient (Wildman–Crippen LogP) is 1.26. The number of carbonyl (C=O) groups excluding carboxylic acids is 1. The SMILES string of the molecule is N#C/N=C(/NCC(NC(=O)c1c(Cl)cc(CCC(O)c2cccc(O)c2)cc1Cl)C(=O)O)N(CCO)CCO. The van der Waals surface area contributed by atoms with E-state index in [1.165, 1.54) is 29.2 Å². The number of aromatic hydroxyl groups is 1. The molecule has 2 aromatic carbocycles. The summed E-state index contributed by atoms with van der Waals surface area (Å²) in [6, 6.07) is 7.74. The number of carboxylic acids is 1. The molecule has 0 spiro atoms. The summed E-state index contributed by atoms with van der Waals surface area (Å²) in [5.41, 5.74) is 1.02. The normalized spacial score (nSPS) is 12.8. The average Bonchev–Trinajstić information content (AvgIpc) is 2.88. The van der Waals surface area contributed by atoms with Gasteiger partial charge in [0.2, 0.25) is 12.2 Å². The Kier molecular flexibility index (Phi) is 12.7. The van der Waals surface area contributed by atoms with Gasteiger partial charge in [0, 0.05) is 19.6 Å². The maximum atomic E-state index is 12.9. The molecule has 39 heavy (non-hydrogen) atoms. The van der Waals surface area contributed by atoms with Crippen LogP contribution in [0.4, 0.5) is 0 Å². The van der Waals surface area contributed by atoms with Crippen LogP contribution >= 0.6 is 23.2 Å². The van der Waals surface area contributed by atoms with E-state index in [1.807, 2.05) is 0 Å². The predicted molar refractivity (Wildman–Crippen MR) is 144 cm³/mol. The molecule has 0 aliphatic heterocycles. The summed E-state index contributed by atoms with van der Waals surface area (Å²) in [6.45, 7) is -0.990. The minimum absolute atomic E-state index is 0.0145. The molecule has 0 saturated carbocycles. The van der Waals surface area contributed by atoms with Gasteiger partial charge in [0.1, 0.15) is 11.8 Å². The van der Waals surface area contributed by atoms with Crippen molar-refractivity contribution in [2.24, 2.45) is 4.99 Å². The number of nitriles is 1. The van der Waals surface area contributed by atoms with E-state index in [0.29, 0.717) is 17.5 Å². The molecule has 0 aliphatic rings. The number of aliphatic hydroxyl groups excluding tert-OH is 3. The van der Waals surface area contributed by atoms with Crippen molar-refractivity contribution >= 4 is 41.0 Å². The number of guanidine groups is 1. The van der Waals surface area contributed by atoms with Crippen LogP contribution in [0.2, 0.25) is 10.0 Å². The van der Waals surface area contributed by atoms with Crippen LogP contribution in [-0.4, -0.2) is 87.2 Å². The Labute approximate surface area is 234 Å². The number of phenolic OH excluding ortho intramolecular Hbond substituents is 1. The quantitative estimate of drug-likeness (QED) is 0.103. The smallest absolute Gasteiger partial charge is 0.328 e. The number of nitrogens with one attached hydrogen (secondary N) is 2. The molecular weight excluding hydrogens is 553 g/mol. The Balaban J connectivity index is 2.10. The fraction of sp³-hybridized carbons (Fsp3) is 0.360. The number of carboxylic acid groups (broad SMARTS) is 1. The molecule has 2 rings (SSSR count). The Morgan fingerprint density at radius 3 is 2.28 bits per heavy atom. The third-order valence-corrected chi connectivity index (χ3v) is 6.15. The van der Waals surface area contributed by atoms with Crippen molar-refractivity contribution in [2.75, 3.05) is 32.8 Å². The molecule has 0 saturated heterocycles. The maximum Gasteiger partial charge on any atom is 0.328 e. The molecule has 7 N–H and O–H groups in total.